The van der Waals surface area contributed by atoms with Gasteiger partial charge in [0.25, 0.3) is 0 Å². The molecule has 18 heavy (non-hydrogen) atoms. The van der Waals surface area contributed by atoms with Gasteiger partial charge in [0, 0.05) is 17.0 Å². The molecule has 4 heteroatoms. The number of halogens is 1. The average molecular weight is 264 g/mol. The maximum absolute atomic E-state index is 11.7. The molecule has 0 N–H and O–H groups in total. The second kappa shape index (κ2) is 7.52. The molecule has 0 saturated heterocycles. The van der Waals surface area contributed by atoms with Crippen molar-refractivity contribution in [1.82, 2.24) is 0 Å². The Morgan fingerprint density at radius 2 is 2.11 bits per heavy atom. The summed E-state index contributed by atoms with van der Waals surface area (Å²) in [5, 5.41) is 9.22. The van der Waals surface area contributed by atoms with Crippen LogP contribution in [-0.4, -0.2) is 12.6 Å². The highest BCUT2D eigenvalue weighted by Crippen LogP contribution is 2.16. The molecule has 0 aliphatic rings. The Bertz CT molecular complexity index is 472. The SMILES string of the molecule is CCOC(=O)/C(=C/c1ccc(Cl)cc1)CCC#N. The smallest absolute Gasteiger partial charge is 0.334 e. The van der Waals surface area contributed by atoms with Crippen molar-refractivity contribution in [3.8, 4) is 6.07 Å². The first-order chi connectivity index (χ1) is 8.67. The van der Waals surface area contributed by atoms with Crippen LogP contribution in [0.15, 0.2) is 29.8 Å². The van der Waals surface area contributed by atoms with Crippen LogP contribution >= 0.6 is 11.6 Å². The molecule has 0 radical (unpaired) electrons. The fourth-order valence-corrected chi connectivity index (χ4v) is 1.53. The van der Waals surface area contributed by atoms with E-state index < -0.39 is 0 Å². The van der Waals surface area contributed by atoms with Crippen LogP contribution < -0.4 is 0 Å². The highest BCUT2D eigenvalue weighted by molar-refractivity contribution is 6.30. The third-order valence-electron chi connectivity index (χ3n) is 2.25. The van der Waals surface area contributed by atoms with Crippen molar-refractivity contribution >= 4 is 23.6 Å². The Morgan fingerprint density at radius 3 is 2.67 bits per heavy atom. The fourth-order valence-electron chi connectivity index (χ4n) is 1.41. The van der Waals surface area contributed by atoms with Gasteiger partial charge >= 0.3 is 5.97 Å². The minimum Gasteiger partial charge on any atom is -0.463 e. The van der Waals surface area contributed by atoms with Gasteiger partial charge in [0.15, 0.2) is 0 Å². The molecule has 0 fully saturated rings. The van der Waals surface area contributed by atoms with Crippen LogP contribution in [0.1, 0.15) is 25.3 Å². The van der Waals surface area contributed by atoms with Gasteiger partial charge in [0.2, 0.25) is 0 Å². The van der Waals surface area contributed by atoms with Crippen LogP contribution in [0.5, 0.6) is 0 Å². The normalized spacial score (nSPS) is 10.8. The van der Waals surface area contributed by atoms with Crippen molar-refractivity contribution in [2.45, 2.75) is 19.8 Å². The number of esters is 1. The minimum absolute atomic E-state index is 0.290. The zero-order valence-corrected chi connectivity index (χ0v) is 10.9. The van der Waals surface area contributed by atoms with E-state index in [1.54, 1.807) is 25.1 Å². The molecular formula is C14H14ClNO2. The van der Waals surface area contributed by atoms with Gasteiger partial charge in [-0.1, -0.05) is 23.7 Å². The second-order valence-electron chi connectivity index (χ2n) is 3.60. The lowest BCUT2D eigenvalue weighted by Crippen LogP contribution is -2.07. The van der Waals surface area contributed by atoms with Crippen molar-refractivity contribution in [1.29, 1.82) is 5.26 Å². The largest absolute Gasteiger partial charge is 0.463 e. The maximum atomic E-state index is 11.7. The number of ether oxygens (including phenoxy) is 1. The van der Waals surface area contributed by atoms with E-state index in [2.05, 4.69) is 0 Å². The van der Waals surface area contributed by atoms with Crippen molar-refractivity contribution in [3.05, 3.63) is 40.4 Å². The lowest BCUT2D eigenvalue weighted by molar-refractivity contribution is -0.138. The summed E-state index contributed by atoms with van der Waals surface area (Å²) in [6.45, 7) is 2.07. The quantitative estimate of drug-likeness (QED) is 0.602. The van der Waals surface area contributed by atoms with Gasteiger partial charge in [-0.2, -0.15) is 5.26 Å². The first kappa shape index (κ1) is 14.3. The van der Waals surface area contributed by atoms with E-state index in [-0.39, 0.29) is 12.4 Å². The summed E-state index contributed by atoms with van der Waals surface area (Å²) in [6, 6.07) is 9.15. The summed E-state index contributed by atoms with van der Waals surface area (Å²) in [7, 11) is 0. The van der Waals surface area contributed by atoms with Crippen molar-refractivity contribution < 1.29 is 9.53 Å². The monoisotopic (exact) mass is 263 g/mol. The Balaban J connectivity index is 2.90. The van der Waals surface area contributed by atoms with Crippen molar-refractivity contribution in [2.75, 3.05) is 6.61 Å². The van der Waals surface area contributed by atoms with E-state index in [1.807, 2.05) is 18.2 Å². The summed E-state index contributed by atoms with van der Waals surface area (Å²) in [5.41, 5.74) is 1.36. The molecule has 1 rings (SSSR count). The third kappa shape index (κ3) is 4.60. The molecule has 0 amide bonds. The lowest BCUT2D eigenvalue weighted by atomic mass is 10.1. The van der Waals surface area contributed by atoms with Gasteiger partial charge < -0.3 is 4.74 Å². The molecule has 0 bridgehead atoms. The van der Waals surface area contributed by atoms with Gasteiger partial charge in [0.1, 0.15) is 0 Å². The number of hydrogen-bond donors (Lipinski definition) is 0. The van der Waals surface area contributed by atoms with Crippen LogP contribution in [-0.2, 0) is 9.53 Å². The van der Waals surface area contributed by atoms with E-state index in [4.69, 9.17) is 21.6 Å². The first-order valence-electron chi connectivity index (χ1n) is 5.67. The highest BCUT2D eigenvalue weighted by Gasteiger charge is 2.10. The number of hydrogen-bond acceptors (Lipinski definition) is 3. The van der Waals surface area contributed by atoms with Crippen molar-refractivity contribution in [2.24, 2.45) is 0 Å². The third-order valence-corrected chi connectivity index (χ3v) is 2.51. The average Bonchev–Trinajstić information content (AvgIpc) is 2.37. The van der Waals surface area contributed by atoms with E-state index in [1.165, 1.54) is 0 Å². The molecule has 0 aliphatic heterocycles. The van der Waals surface area contributed by atoms with Crippen LogP contribution in [0, 0.1) is 11.3 Å². The van der Waals surface area contributed by atoms with Crippen LogP contribution in [0.3, 0.4) is 0 Å². The molecule has 0 aromatic heterocycles. The van der Waals surface area contributed by atoms with Gasteiger partial charge in [-0.15, -0.1) is 0 Å². The van der Waals surface area contributed by atoms with Gasteiger partial charge in [-0.05, 0) is 37.1 Å². The Kier molecular flexibility index (Phi) is 5.96. The van der Waals surface area contributed by atoms with Crippen molar-refractivity contribution in [3.63, 3.8) is 0 Å². The summed E-state index contributed by atoms with van der Waals surface area (Å²) < 4.78 is 4.95. The molecular weight excluding hydrogens is 250 g/mol. The molecule has 1 aromatic rings. The standard InChI is InChI=1S/C14H14ClNO2/c1-2-18-14(17)12(4-3-9-16)10-11-5-7-13(15)8-6-11/h5-8,10H,2-4H2,1H3/b12-10+. The number of carbonyl (C=O) groups excluding carboxylic acids is 1. The molecule has 0 aliphatic carbocycles. The maximum Gasteiger partial charge on any atom is 0.334 e. The number of benzene rings is 1. The summed E-state index contributed by atoms with van der Waals surface area (Å²) >= 11 is 5.79. The van der Waals surface area contributed by atoms with Crippen LogP contribution in [0.25, 0.3) is 6.08 Å². The number of nitriles is 1. The van der Waals surface area contributed by atoms with E-state index in [9.17, 15) is 4.79 Å². The zero-order chi connectivity index (χ0) is 13.4. The molecule has 0 saturated carbocycles. The van der Waals surface area contributed by atoms with E-state index >= 15 is 0 Å². The summed E-state index contributed by atoms with van der Waals surface area (Å²) in [5.74, 6) is -0.372. The molecule has 1 aromatic carbocycles. The van der Waals surface area contributed by atoms with Crippen LogP contribution in [0.4, 0.5) is 0 Å². The number of rotatable bonds is 5. The number of nitrogens with zero attached hydrogens (tertiary/aromatic N) is 1. The Labute approximate surface area is 112 Å². The molecule has 0 spiro atoms. The molecule has 3 nitrogen and oxygen atoms in total. The molecule has 94 valence electrons. The summed E-state index contributed by atoms with van der Waals surface area (Å²) in [4.78, 5) is 11.7. The van der Waals surface area contributed by atoms with E-state index in [0.717, 1.165) is 5.56 Å². The molecule has 0 atom stereocenters. The number of carbonyl (C=O) groups is 1. The minimum atomic E-state index is -0.372. The lowest BCUT2D eigenvalue weighted by Gasteiger charge is -2.05. The predicted molar refractivity (Wildman–Crippen MR) is 70.9 cm³/mol. The van der Waals surface area contributed by atoms with Gasteiger partial charge in [-0.3, -0.25) is 0 Å². The fraction of sp³-hybridized carbons (Fsp3) is 0.286. The zero-order valence-electron chi connectivity index (χ0n) is 10.1. The highest BCUT2D eigenvalue weighted by atomic mass is 35.5. The molecule has 0 heterocycles. The Hall–Kier alpha value is -1.79. The predicted octanol–water partition coefficient (Wildman–Crippen LogP) is 3.59. The Morgan fingerprint density at radius 1 is 1.44 bits per heavy atom. The van der Waals surface area contributed by atoms with Crippen LogP contribution in [0.2, 0.25) is 5.02 Å². The molecule has 0 unspecified atom stereocenters. The van der Waals surface area contributed by atoms with E-state index in [0.29, 0.717) is 23.6 Å². The van der Waals surface area contributed by atoms with Gasteiger partial charge in [-0.25, -0.2) is 4.79 Å². The second-order valence-corrected chi connectivity index (χ2v) is 4.04. The van der Waals surface area contributed by atoms with Gasteiger partial charge in [0.05, 0.1) is 12.7 Å². The topological polar surface area (TPSA) is 50.1 Å². The summed E-state index contributed by atoms with van der Waals surface area (Å²) in [6.07, 6.45) is 2.40. The first-order valence-corrected chi connectivity index (χ1v) is 6.05.